The largest absolute Gasteiger partial charge is 0.455 e. The highest BCUT2D eigenvalue weighted by molar-refractivity contribution is 6.30. The molecule has 1 aliphatic carbocycles. The van der Waals surface area contributed by atoms with Crippen molar-refractivity contribution < 1.29 is 19.1 Å². The number of benzene rings is 2. The van der Waals surface area contributed by atoms with Crippen molar-refractivity contribution >= 4 is 52.8 Å². The van der Waals surface area contributed by atoms with Crippen LogP contribution < -0.4 is 0 Å². The van der Waals surface area contributed by atoms with Crippen LogP contribution in [0.25, 0.3) is 6.08 Å². The van der Waals surface area contributed by atoms with Gasteiger partial charge in [0, 0.05) is 47.7 Å². The van der Waals surface area contributed by atoms with E-state index in [-0.39, 0.29) is 24.3 Å². The zero-order chi connectivity index (χ0) is 31.1. The fraction of sp³-hybridized carbons (Fsp3) is 0.364. The predicted molar refractivity (Wildman–Crippen MR) is 168 cm³/mol. The molecule has 1 saturated heterocycles. The van der Waals surface area contributed by atoms with Gasteiger partial charge in [-0.05, 0) is 73.2 Å². The molecule has 2 aromatic carbocycles. The smallest absolute Gasteiger partial charge is 0.312 e. The third-order valence-corrected chi connectivity index (χ3v) is 9.50. The standard InChI is InChI=1S/C33H33Cl2N5O4/c1-19-27(17-36-39(19)3)32-26(16-28(41)38(32)2)33(43)44-18-29(42)40-31(21-9-13-24(35)14-10-21)25-6-4-5-22(30(25)37-40)15-20-7-11-23(34)12-8-20/h7-15,17,25-26,31-32H,4-6,16,18H2,1-3H3/b22-15-. The molecule has 0 N–H and O–H groups in total. The van der Waals surface area contributed by atoms with Crippen molar-refractivity contribution in [3.8, 4) is 0 Å². The average molecular weight is 635 g/mol. The van der Waals surface area contributed by atoms with Gasteiger partial charge in [-0.25, -0.2) is 5.01 Å². The van der Waals surface area contributed by atoms with Crippen LogP contribution in [0.4, 0.5) is 0 Å². The molecule has 228 valence electrons. The summed E-state index contributed by atoms with van der Waals surface area (Å²) < 4.78 is 7.34. The minimum absolute atomic E-state index is 0.00284. The highest BCUT2D eigenvalue weighted by Crippen LogP contribution is 2.45. The quantitative estimate of drug-likeness (QED) is 0.314. The van der Waals surface area contributed by atoms with E-state index >= 15 is 0 Å². The van der Waals surface area contributed by atoms with E-state index in [1.54, 1.807) is 35.0 Å². The first kappa shape index (κ1) is 30.1. The van der Waals surface area contributed by atoms with Gasteiger partial charge >= 0.3 is 5.97 Å². The van der Waals surface area contributed by atoms with Gasteiger partial charge < -0.3 is 9.64 Å². The van der Waals surface area contributed by atoms with Crippen LogP contribution in [0.5, 0.6) is 0 Å². The number of carbonyl (C=O) groups is 3. The first-order chi connectivity index (χ1) is 21.1. The van der Waals surface area contributed by atoms with E-state index in [0.717, 1.165) is 52.9 Å². The fourth-order valence-electron chi connectivity index (χ4n) is 6.58. The van der Waals surface area contributed by atoms with Crippen LogP contribution in [0.15, 0.2) is 65.4 Å². The van der Waals surface area contributed by atoms with Crippen molar-refractivity contribution in [1.29, 1.82) is 0 Å². The van der Waals surface area contributed by atoms with Gasteiger partial charge in [0.25, 0.3) is 5.91 Å². The number of hydrogen-bond acceptors (Lipinski definition) is 6. The summed E-state index contributed by atoms with van der Waals surface area (Å²) in [5, 5.41) is 11.9. The number of aromatic nitrogens is 2. The Morgan fingerprint density at radius 3 is 2.36 bits per heavy atom. The molecule has 1 saturated carbocycles. The van der Waals surface area contributed by atoms with E-state index in [4.69, 9.17) is 33.0 Å². The molecule has 1 aromatic heterocycles. The number of hydrogen-bond donors (Lipinski definition) is 0. The minimum Gasteiger partial charge on any atom is -0.455 e. The summed E-state index contributed by atoms with van der Waals surface area (Å²) in [6.07, 6.45) is 6.42. The lowest BCUT2D eigenvalue weighted by Crippen LogP contribution is -2.35. The highest BCUT2D eigenvalue weighted by Gasteiger charge is 2.46. The summed E-state index contributed by atoms with van der Waals surface area (Å²) in [6.45, 7) is 1.40. The molecule has 0 bridgehead atoms. The van der Waals surface area contributed by atoms with Crippen molar-refractivity contribution in [2.75, 3.05) is 13.7 Å². The van der Waals surface area contributed by atoms with E-state index in [2.05, 4.69) is 11.2 Å². The van der Waals surface area contributed by atoms with Crippen LogP contribution in [0.3, 0.4) is 0 Å². The topological polar surface area (TPSA) is 97.1 Å². The average Bonchev–Trinajstić information content (AvgIpc) is 3.66. The first-order valence-electron chi connectivity index (χ1n) is 14.7. The summed E-state index contributed by atoms with van der Waals surface area (Å²) in [5.41, 5.74) is 5.48. The first-order valence-corrected chi connectivity index (χ1v) is 15.4. The summed E-state index contributed by atoms with van der Waals surface area (Å²) >= 11 is 12.3. The molecular formula is C33H33Cl2N5O4. The van der Waals surface area contributed by atoms with Gasteiger partial charge in [0.05, 0.1) is 29.9 Å². The van der Waals surface area contributed by atoms with Crippen LogP contribution in [0.2, 0.25) is 10.0 Å². The number of ether oxygens (including phenoxy) is 1. The number of amides is 2. The molecule has 11 heteroatoms. The van der Waals surface area contributed by atoms with Gasteiger partial charge in [0.2, 0.25) is 5.91 Å². The molecule has 3 aromatic rings. The Bertz CT molecular complexity index is 1660. The third-order valence-electron chi connectivity index (χ3n) is 9.00. The number of allylic oxidation sites excluding steroid dienone is 1. The molecule has 3 aliphatic rings. The number of fused-ring (bicyclic) bond motifs is 1. The maximum absolute atomic E-state index is 13.8. The summed E-state index contributed by atoms with van der Waals surface area (Å²) in [7, 11) is 3.48. The summed E-state index contributed by atoms with van der Waals surface area (Å²) in [6, 6.07) is 14.2. The van der Waals surface area contributed by atoms with Gasteiger partial charge in [-0.15, -0.1) is 0 Å². The lowest BCUT2D eigenvalue weighted by Gasteiger charge is -2.29. The van der Waals surface area contributed by atoms with Crippen LogP contribution in [0.1, 0.15) is 60.2 Å². The monoisotopic (exact) mass is 633 g/mol. The molecule has 44 heavy (non-hydrogen) atoms. The zero-order valence-corrected chi connectivity index (χ0v) is 26.3. The van der Waals surface area contributed by atoms with Gasteiger partial charge in [-0.2, -0.15) is 10.2 Å². The molecule has 9 nitrogen and oxygen atoms in total. The Morgan fingerprint density at radius 2 is 1.70 bits per heavy atom. The summed E-state index contributed by atoms with van der Waals surface area (Å²) in [5.74, 6) is -1.97. The molecule has 4 atom stereocenters. The molecule has 3 heterocycles. The van der Waals surface area contributed by atoms with Crippen molar-refractivity contribution in [3.05, 3.63) is 92.7 Å². The Kier molecular flexibility index (Phi) is 8.35. The van der Waals surface area contributed by atoms with Gasteiger partial charge in [-0.1, -0.05) is 47.5 Å². The Balaban J connectivity index is 1.25. The molecule has 4 unspecified atom stereocenters. The number of nitrogens with zero attached hydrogens (tertiary/aromatic N) is 5. The Labute approximate surface area is 266 Å². The molecule has 6 rings (SSSR count). The molecular weight excluding hydrogens is 601 g/mol. The molecule has 2 amide bonds. The normalized spacial score (nSPS) is 24.1. The number of aryl methyl sites for hydroxylation is 1. The minimum atomic E-state index is -0.753. The van der Waals surface area contributed by atoms with E-state index in [0.29, 0.717) is 10.0 Å². The predicted octanol–water partition coefficient (Wildman–Crippen LogP) is 5.92. The van der Waals surface area contributed by atoms with Crippen molar-refractivity contribution in [3.63, 3.8) is 0 Å². The van der Waals surface area contributed by atoms with Crippen LogP contribution >= 0.6 is 23.2 Å². The molecule has 0 radical (unpaired) electrons. The molecule has 2 fully saturated rings. The lowest BCUT2D eigenvalue weighted by atomic mass is 9.77. The maximum Gasteiger partial charge on any atom is 0.312 e. The van der Waals surface area contributed by atoms with E-state index in [1.807, 2.05) is 50.4 Å². The van der Waals surface area contributed by atoms with Crippen molar-refractivity contribution in [2.24, 2.45) is 24.0 Å². The van der Waals surface area contributed by atoms with Gasteiger partial charge in [-0.3, -0.25) is 19.1 Å². The van der Waals surface area contributed by atoms with Crippen molar-refractivity contribution in [1.82, 2.24) is 19.7 Å². The third kappa shape index (κ3) is 5.66. The zero-order valence-electron chi connectivity index (χ0n) is 24.7. The van der Waals surface area contributed by atoms with E-state index in [1.165, 1.54) is 5.01 Å². The maximum atomic E-state index is 13.8. The number of carbonyl (C=O) groups excluding carboxylic acids is 3. The second-order valence-electron chi connectivity index (χ2n) is 11.6. The van der Waals surface area contributed by atoms with Gasteiger partial charge in [0.15, 0.2) is 6.61 Å². The number of likely N-dealkylation sites (tertiary alicyclic amines) is 1. The van der Waals surface area contributed by atoms with Crippen LogP contribution in [-0.4, -0.2) is 56.8 Å². The van der Waals surface area contributed by atoms with Crippen molar-refractivity contribution in [2.45, 2.75) is 44.7 Å². The number of esters is 1. The van der Waals surface area contributed by atoms with E-state index in [9.17, 15) is 14.4 Å². The van der Waals surface area contributed by atoms with Gasteiger partial charge in [0.1, 0.15) is 0 Å². The number of rotatable bonds is 6. The number of halogens is 2. The highest BCUT2D eigenvalue weighted by atomic mass is 35.5. The number of hydrazone groups is 1. The second-order valence-corrected chi connectivity index (χ2v) is 12.5. The SMILES string of the molecule is Cc1c(C2C(C(=O)OCC(=O)N3N=C4/C(=C\c5ccc(Cl)cc5)CCCC4C3c3ccc(Cl)cc3)CC(=O)N2C)cnn1C. The van der Waals surface area contributed by atoms with Crippen LogP contribution in [0, 0.1) is 18.8 Å². The fourth-order valence-corrected chi connectivity index (χ4v) is 6.83. The lowest BCUT2D eigenvalue weighted by molar-refractivity contribution is -0.157. The Hall–Kier alpha value is -3.95. The molecule has 0 spiro atoms. The van der Waals surface area contributed by atoms with Crippen LogP contribution in [-0.2, 0) is 26.2 Å². The second kappa shape index (κ2) is 12.2. The van der Waals surface area contributed by atoms with E-state index < -0.39 is 30.4 Å². The summed E-state index contributed by atoms with van der Waals surface area (Å²) in [4.78, 5) is 41.4. The Morgan fingerprint density at radius 1 is 1.02 bits per heavy atom. The molecule has 2 aliphatic heterocycles.